The average molecular weight is 258 g/mol. The molecule has 0 spiro atoms. The first kappa shape index (κ1) is 11.2. The first-order valence-corrected chi connectivity index (χ1v) is 6.47. The number of benzene rings is 1. The Balaban J connectivity index is 1.74. The fourth-order valence-electron chi connectivity index (χ4n) is 1.73. The van der Waals surface area contributed by atoms with E-state index in [2.05, 4.69) is 20.3 Å². The van der Waals surface area contributed by atoms with Gasteiger partial charge in [-0.1, -0.05) is 30.3 Å². The summed E-state index contributed by atoms with van der Waals surface area (Å²) in [5.41, 5.74) is 1.19. The van der Waals surface area contributed by atoms with Crippen molar-refractivity contribution in [3.05, 3.63) is 35.9 Å². The Morgan fingerprint density at radius 2 is 2.11 bits per heavy atom. The zero-order valence-electron chi connectivity index (χ0n) is 9.41. The molecule has 1 aromatic carbocycles. The predicted molar refractivity (Wildman–Crippen MR) is 73.4 cm³/mol. The van der Waals surface area contributed by atoms with E-state index in [0.717, 1.165) is 5.75 Å². The van der Waals surface area contributed by atoms with Crippen LogP contribution in [0.4, 0.5) is 4.79 Å². The Morgan fingerprint density at radius 1 is 1.28 bits per heavy atom. The van der Waals surface area contributed by atoms with Gasteiger partial charge in [0.15, 0.2) is 6.04 Å². The van der Waals surface area contributed by atoms with Gasteiger partial charge in [0.05, 0.1) is 0 Å². The molecule has 2 heterocycles. The quantitative estimate of drug-likeness (QED) is 0.879. The smallest absolute Gasteiger partial charge is 0.292 e. The number of nitrogens with zero attached hydrogens (tertiary/aromatic N) is 3. The number of urea groups is 1. The normalized spacial score (nSPS) is 21.1. The number of thioether (sulfide) groups is 1. The molecule has 0 aliphatic carbocycles. The summed E-state index contributed by atoms with van der Waals surface area (Å²) in [5, 5.41) is 3.30. The van der Waals surface area contributed by atoms with E-state index in [1.807, 2.05) is 30.3 Å². The maximum absolute atomic E-state index is 11.4. The van der Waals surface area contributed by atoms with Crippen LogP contribution in [0, 0.1) is 0 Å². The van der Waals surface area contributed by atoms with Crippen LogP contribution in [0.3, 0.4) is 0 Å². The predicted octanol–water partition coefficient (Wildman–Crippen LogP) is 1.85. The van der Waals surface area contributed by atoms with Crippen molar-refractivity contribution in [2.24, 2.45) is 15.0 Å². The zero-order chi connectivity index (χ0) is 12.4. The highest BCUT2D eigenvalue weighted by Crippen LogP contribution is 2.21. The van der Waals surface area contributed by atoms with Gasteiger partial charge in [-0.05, 0) is 5.56 Å². The molecule has 1 unspecified atom stereocenters. The van der Waals surface area contributed by atoms with Crippen LogP contribution in [-0.2, 0) is 5.75 Å². The summed E-state index contributed by atoms with van der Waals surface area (Å²) in [6.45, 7) is 0. The molecule has 0 aromatic heterocycles. The van der Waals surface area contributed by atoms with E-state index in [1.54, 1.807) is 0 Å². The number of nitrogens with one attached hydrogen (secondary N) is 1. The Hall–Kier alpha value is -1.95. The summed E-state index contributed by atoms with van der Waals surface area (Å²) in [7, 11) is 0. The number of amidine groups is 1. The minimum Gasteiger partial charge on any atom is -0.292 e. The van der Waals surface area contributed by atoms with E-state index in [0.29, 0.717) is 10.9 Å². The van der Waals surface area contributed by atoms with Crippen LogP contribution in [0.1, 0.15) is 5.56 Å². The van der Waals surface area contributed by atoms with Gasteiger partial charge < -0.3 is 0 Å². The molecule has 1 atom stereocenters. The molecule has 90 valence electrons. The minimum absolute atomic E-state index is 0.226. The van der Waals surface area contributed by atoms with Gasteiger partial charge in [-0.3, -0.25) is 10.3 Å². The van der Waals surface area contributed by atoms with Crippen molar-refractivity contribution in [1.82, 2.24) is 5.32 Å². The molecule has 3 rings (SSSR count). The second-order valence-electron chi connectivity index (χ2n) is 3.84. The Labute approximate surface area is 108 Å². The monoisotopic (exact) mass is 258 g/mol. The van der Waals surface area contributed by atoms with Gasteiger partial charge in [0, 0.05) is 5.75 Å². The van der Waals surface area contributed by atoms with Crippen molar-refractivity contribution < 1.29 is 4.79 Å². The standard InChI is InChI=1S/C12H10N4OS/c17-12-15-10-9(13-7-14-10)11(16-12)18-6-8-4-2-1-3-5-8/h1-5,7,9H,6H2,(H,13,14,15,17). The molecule has 18 heavy (non-hydrogen) atoms. The number of hydrogen-bond acceptors (Lipinski definition) is 4. The Bertz CT molecular complexity index is 565. The molecule has 0 radical (unpaired) electrons. The second kappa shape index (κ2) is 4.73. The lowest BCUT2D eigenvalue weighted by molar-refractivity contribution is 0.253. The fraction of sp³-hybridized carbons (Fsp3) is 0.167. The van der Waals surface area contributed by atoms with Crippen molar-refractivity contribution in [1.29, 1.82) is 0 Å². The molecule has 5 nitrogen and oxygen atoms in total. The van der Waals surface area contributed by atoms with Crippen molar-refractivity contribution in [2.45, 2.75) is 11.8 Å². The van der Waals surface area contributed by atoms with Crippen molar-refractivity contribution in [2.75, 3.05) is 0 Å². The Kier molecular flexibility index (Phi) is 2.93. The second-order valence-corrected chi connectivity index (χ2v) is 4.83. The number of rotatable bonds is 2. The van der Waals surface area contributed by atoms with Gasteiger partial charge in [0.25, 0.3) is 0 Å². The first-order valence-electron chi connectivity index (χ1n) is 5.48. The van der Waals surface area contributed by atoms with Crippen LogP contribution in [0.25, 0.3) is 0 Å². The van der Waals surface area contributed by atoms with E-state index in [-0.39, 0.29) is 12.1 Å². The van der Waals surface area contributed by atoms with Crippen LogP contribution in [-0.4, -0.2) is 29.3 Å². The largest absolute Gasteiger partial charge is 0.347 e. The summed E-state index contributed by atoms with van der Waals surface area (Å²) >= 11 is 1.53. The first-order chi connectivity index (χ1) is 8.83. The lowest BCUT2D eigenvalue weighted by Gasteiger charge is -2.18. The van der Waals surface area contributed by atoms with Gasteiger partial charge in [0.2, 0.25) is 0 Å². The van der Waals surface area contributed by atoms with Crippen LogP contribution < -0.4 is 5.32 Å². The Morgan fingerprint density at radius 3 is 2.94 bits per heavy atom. The maximum atomic E-state index is 11.4. The summed E-state index contributed by atoms with van der Waals surface area (Å²) in [6.07, 6.45) is 1.46. The SMILES string of the molecule is O=C1N=C(SCc2ccccc2)C2N=CN=C2N1. The average Bonchev–Trinajstić information content (AvgIpc) is 2.85. The third-order valence-corrected chi connectivity index (χ3v) is 3.67. The van der Waals surface area contributed by atoms with Crippen LogP contribution in [0.2, 0.25) is 0 Å². The molecule has 0 saturated carbocycles. The molecule has 1 aromatic rings. The fourth-order valence-corrected chi connectivity index (χ4v) is 2.71. The third kappa shape index (κ3) is 2.19. The van der Waals surface area contributed by atoms with Gasteiger partial charge in [0.1, 0.15) is 17.2 Å². The van der Waals surface area contributed by atoms with E-state index < -0.39 is 0 Å². The number of carbonyl (C=O) groups excluding carboxylic acids is 1. The number of amides is 2. The van der Waals surface area contributed by atoms with Crippen molar-refractivity contribution >= 4 is 35.0 Å². The van der Waals surface area contributed by atoms with E-state index >= 15 is 0 Å². The summed E-state index contributed by atoms with van der Waals surface area (Å²) in [5.74, 6) is 1.34. The topological polar surface area (TPSA) is 66.2 Å². The summed E-state index contributed by atoms with van der Waals surface area (Å²) < 4.78 is 0. The highest BCUT2D eigenvalue weighted by Gasteiger charge is 2.30. The van der Waals surface area contributed by atoms with Gasteiger partial charge >= 0.3 is 6.03 Å². The van der Waals surface area contributed by atoms with E-state index in [4.69, 9.17) is 0 Å². The number of hydrogen-bond donors (Lipinski definition) is 1. The van der Waals surface area contributed by atoms with Crippen LogP contribution in [0.15, 0.2) is 45.3 Å². The van der Waals surface area contributed by atoms with Gasteiger partial charge in [-0.15, -0.1) is 11.8 Å². The minimum atomic E-state index is -0.369. The number of aliphatic imine (C=N–C) groups is 3. The number of carbonyl (C=O) groups is 1. The molecular weight excluding hydrogens is 248 g/mol. The lowest BCUT2D eigenvalue weighted by atomic mass is 10.2. The summed E-state index contributed by atoms with van der Waals surface area (Å²) in [6, 6.07) is 9.46. The molecule has 2 aliphatic rings. The van der Waals surface area contributed by atoms with Crippen LogP contribution in [0.5, 0.6) is 0 Å². The van der Waals surface area contributed by atoms with Gasteiger partial charge in [-0.25, -0.2) is 9.79 Å². The van der Waals surface area contributed by atoms with E-state index in [1.165, 1.54) is 23.7 Å². The molecule has 0 bridgehead atoms. The highest BCUT2D eigenvalue weighted by molar-refractivity contribution is 8.13. The third-order valence-electron chi connectivity index (χ3n) is 2.58. The van der Waals surface area contributed by atoms with Crippen molar-refractivity contribution in [3.63, 3.8) is 0 Å². The summed E-state index contributed by atoms with van der Waals surface area (Å²) in [4.78, 5) is 23.6. The molecular formula is C12H10N4OS. The van der Waals surface area contributed by atoms with Gasteiger partial charge in [-0.2, -0.15) is 4.99 Å². The van der Waals surface area contributed by atoms with Crippen molar-refractivity contribution in [3.8, 4) is 0 Å². The molecule has 2 amide bonds. The molecule has 2 aliphatic heterocycles. The highest BCUT2D eigenvalue weighted by atomic mass is 32.2. The number of fused-ring (bicyclic) bond motifs is 1. The molecule has 6 heteroatoms. The molecule has 0 saturated heterocycles. The van der Waals surface area contributed by atoms with E-state index in [9.17, 15) is 4.79 Å². The molecule has 0 fully saturated rings. The molecule has 1 N–H and O–H groups in total. The zero-order valence-corrected chi connectivity index (χ0v) is 10.2. The van der Waals surface area contributed by atoms with Crippen LogP contribution >= 0.6 is 11.8 Å². The lowest BCUT2D eigenvalue weighted by Crippen LogP contribution is -2.43. The maximum Gasteiger partial charge on any atom is 0.347 e.